The van der Waals surface area contributed by atoms with Gasteiger partial charge in [-0.15, -0.1) is 0 Å². The molecule has 0 heterocycles. The van der Waals surface area contributed by atoms with Crippen LogP contribution in [-0.4, -0.2) is 45.1 Å². The lowest BCUT2D eigenvalue weighted by Crippen LogP contribution is -2.32. The van der Waals surface area contributed by atoms with Crippen LogP contribution in [0.25, 0.3) is 0 Å². The van der Waals surface area contributed by atoms with Crippen molar-refractivity contribution in [3.05, 3.63) is 28.8 Å². The van der Waals surface area contributed by atoms with Crippen LogP contribution in [0.4, 0.5) is 5.69 Å². The van der Waals surface area contributed by atoms with E-state index in [-0.39, 0.29) is 6.04 Å². The van der Waals surface area contributed by atoms with E-state index in [2.05, 4.69) is 25.2 Å². The van der Waals surface area contributed by atoms with E-state index < -0.39 is 6.10 Å². The summed E-state index contributed by atoms with van der Waals surface area (Å²) in [7, 11) is 3.49. The van der Waals surface area contributed by atoms with Gasteiger partial charge in [-0.3, -0.25) is 0 Å². The summed E-state index contributed by atoms with van der Waals surface area (Å²) in [4.78, 5) is 1.94. The topological polar surface area (TPSA) is 44.7 Å². The van der Waals surface area contributed by atoms with Crippen molar-refractivity contribution < 1.29 is 9.84 Å². The lowest BCUT2D eigenvalue weighted by atomic mass is 10.1. The number of methoxy groups -OCH3 is 1. The summed E-state index contributed by atoms with van der Waals surface area (Å²) in [6.07, 6.45) is -0.526. The number of aliphatic hydroxyl groups is 1. The maximum absolute atomic E-state index is 9.76. The van der Waals surface area contributed by atoms with Crippen LogP contribution in [0.2, 0.25) is 5.02 Å². The van der Waals surface area contributed by atoms with Crippen LogP contribution < -0.4 is 10.2 Å². The number of nitrogens with zero attached hydrogens (tertiary/aromatic N) is 1. The predicted molar refractivity (Wildman–Crippen MR) is 84.7 cm³/mol. The zero-order valence-corrected chi connectivity index (χ0v) is 13.4. The van der Waals surface area contributed by atoms with Crippen LogP contribution in [-0.2, 0) is 4.74 Å². The van der Waals surface area contributed by atoms with E-state index in [0.29, 0.717) is 18.2 Å². The predicted octanol–water partition coefficient (Wildman–Crippen LogP) is 2.45. The van der Waals surface area contributed by atoms with E-state index in [1.165, 1.54) is 0 Å². The number of hydrogen-bond acceptors (Lipinski definition) is 4. The molecule has 0 spiro atoms. The highest BCUT2D eigenvalue weighted by Crippen LogP contribution is 2.28. The Morgan fingerprint density at radius 3 is 2.70 bits per heavy atom. The molecule has 1 aromatic rings. The smallest absolute Gasteiger partial charge is 0.0947 e. The number of halogens is 1. The van der Waals surface area contributed by atoms with Crippen molar-refractivity contribution in [3.8, 4) is 0 Å². The maximum atomic E-state index is 9.76. The number of hydrogen-bond donors (Lipinski definition) is 2. The monoisotopic (exact) mass is 300 g/mol. The number of nitrogens with one attached hydrogen (secondary N) is 1. The minimum Gasteiger partial charge on any atom is -0.389 e. The third kappa shape index (κ3) is 4.94. The average molecular weight is 301 g/mol. The van der Waals surface area contributed by atoms with Crippen molar-refractivity contribution in [2.75, 3.05) is 38.8 Å². The molecule has 0 amide bonds. The molecule has 0 aliphatic heterocycles. The second kappa shape index (κ2) is 8.47. The Morgan fingerprint density at radius 2 is 2.15 bits per heavy atom. The third-order valence-corrected chi connectivity index (χ3v) is 3.54. The van der Waals surface area contributed by atoms with E-state index in [9.17, 15) is 5.11 Å². The van der Waals surface area contributed by atoms with E-state index in [4.69, 9.17) is 16.3 Å². The molecule has 1 aromatic carbocycles. The molecule has 2 atom stereocenters. The van der Waals surface area contributed by atoms with Gasteiger partial charge in [0.05, 0.1) is 23.4 Å². The molecule has 1 rings (SSSR count). The van der Waals surface area contributed by atoms with Crippen molar-refractivity contribution in [1.82, 2.24) is 5.32 Å². The molecular formula is C15H25ClN2O2. The molecule has 0 bridgehead atoms. The Hall–Kier alpha value is -0.810. The van der Waals surface area contributed by atoms with Crippen molar-refractivity contribution in [2.24, 2.45) is 0 Å². The van der Waals surface area contributed by atoms with Gasteiger partial charge >= 0.3 is 0 Å². The van der Waals surface area contributed by atoms with Gasteiger partial charge in [0.25, 0.3) is 0 Å². The highest BCUT2D eigenvalue weighted by molar-refractivity contribution is 6.33. The van der Waals surface area contributed by atoms with E-state index in [1.54, 1.807) is 7.11 Å². The molecule has 20 heavy (non-hydrogen) atoms. The van der Waals surface area contributed by atoms with Gasteiger partial charge in [0.1, 0.15) is 0 Å². The summed E-state index contributed by atoms with van der Waals surface area (Å²) >= 11 is 6.35. The summed E-state index contributed by atoms with van der Waals surface area (Å²) in [5.41, 5.74) is 2.07. The summed E-state index contributed by atoms with van der Waals surface area (Å²) in [5, 5.41) is 13.8. The molecule has 0 saturated heterocycles. The lowest BCUT2D eigenvalue weighted by molar-refractivity contribution is 0.0695. The van der Waals surface area contributed by atoms with E-state index in [1.807, 2.05) is 24.1 Å². The van der Waals surface area contributed by atoms with E-state index in [0.717, 1.165) is 17.8 Å². The third-order valence-electron chi connectivity index (χ3n) is 3.24. The average Bonchev–Trinajstić information content (AvgIpc) is 2.38. The SMILES string of the molecule is CCNC(C)c1ccc(N(C)CC(O)COC)c(Cl)c1. The first kappa shape index (κ1) is 17.2. The van der Waals surface area contributed by atoms with Crippen molar-refractivity contribution in [2.45, 2.75) is 26.0 Å². The molecule has 2 unspecified atom stereocenters. The highest BCUT2D eigenvalue weighted by atomic mass is 35.5. The van der Waals surface area contributed by atoms with Gasteiger partial charge < -0.3 is 20.1 Å². The molecule has 4 nitrogen and oxygen atoms in total. The standard InChI is InChI=1S/C15H25ClN2O2/c1-5-17-11(2)12-6-7-15(14(16)8-12)18(3)9-13(19)10-20-4/h6-8,11,13,17,19H,5,9-10H2,1-4H3. The second-order valence-corrected chi connectivity index (χ2v) is 5.39. The Balaban J connectivity index is 2.76. The number of rotatable bonds is 8. The van der Waals surface area contributed by atoms with Gasteiger partial charge in [0.2, 0.25) is 0 Å². The van der Waals surface area contributed by atoms with Crippen molar-refractivity contribution in [1.29, 1.82) is 0 Å². The Labute approximate surface area is 126 Å². The quantitative estimate of drug-likeness (QED) is 0.774. The van der Waals surface area contributed by atoms with Crippen LogP contribution in [0.3, 0.4) is 0 Å². The molecule has 0 radical (unpaired) electrons. The lowest BCUT2D eigenvalue weighted by Gasteiger charge is -2.24. The highest BCUT2D eigenvalue weighted by Gasteiger charge is 2.13. The largest absolute Gasteiger partial charge is 0.389 e. The summed E-state index contributed by atoms with van der Waals surface area (Å²) in [6, 6.07) is 6.30. The van der Waals surface area contributed by atoms with Gasteiger partial charge in [0, 0.05) is 26.7 Å². The van der Waals surface area contributed by atoms with Crippen LogP contribution in [0.15, 0.2) is 18.2 Å². The second-order valence-electron chi connectivity index (χ2n) is 4.98. The number of aliphatic hydroxyl groups excluding tert-OH is 1. The number of benzene rings is 1. The van der Waals surface area contributed by atoms with Crippen LogP contribution >= 0.6 is 11.6 Å². The molecule has 0 aromatic heterocycles. The van der Waals surface area contributed by atoms with Gasteiger partial charge in [-0.2, -0.15) is 0 Å². The summed E-state index contributed by atoms with van der Waals surface area (Å²) < 4.78 is 4.93. The molecular weight excluding hydrogens is 276 g/mol. The summed E-state index contributed by atoms with van der Waals surface area (Å²) in [6.45, 7) is 5.91. The van der Waals surface area contributed by atoms with Crippen molar-refractivity contribution >= 4 is 17.3 Å². The van der Waals surface area contributed by atoms with Gasteiger partial charge in [-0.05, 0) is 31.2 Å². The number of anilines is 1. The van der Waals surface area contributed by atoms with Gasteiger partial charge in [0.15, 0.2) is 0 Å². The molecule has 0 saturated carbocycles. The molecule has 2 N–H and O–H groups in total. The van der Waals surface area contributed by atoms with E-state index >= 15 is 0 Å². The van der Waals surface area contributed by atoms with Crippen LogP contribution in [0.1, 0.15) is 25.5 Å². The van der Waals surface area contributed by atoms with Gasteiger partial charge in [-0.25, -0.2) is 0 Å². The van der Waals surface area contributed by atoms with Gasteiger partial charge in [-0.1, -0.05) is 24.6 Å². The maximum Gasteiger partial charge on any atom is 0.0947 e. The van der Waals surface area contributed by atoms with Crippen LogP contribution in [0.5, 0.6) is 0 Å². The zero-order valence-electron chi connectivity index (χ0n) is 12.7. The molecule has 5 heteroatoms. The Morgan fingerprint density at radius 1 is 1.45 bits per heavy atom. The Bertz CT molecular complexity index is 415. The fraction of sp³-hybridized carbons (Fsp3) is 0.600. The fourth-order valence-electron chi connectivity index (χ4n) is 2.19. The first-order valence-electron chi connectivity index (χ1n) is 6.90. The first-order valence-corrected chi connectivity index (χ1v) is 7.28. The fourth-order valence-corrected chi connectivity index (χ4v) is 2.52. The summed E-state index contributed by atoms with van der Waals surface area (Å²) in [5.74, 6) is 0. The Kier molecular flexibility index (Phi) is 7.30. The molecule has 0 aliphatic carbocycles. The zero-order chi connectivity index (χ0) is 15.1. The molecule has 114 valence electrons. The minimum absolute atomic E-state index is 0.274. The van der Waals surface area contributed by atoms with Crippen molar-refractivity contribution in [3.63, 3.8) is 0 Å². The molecule has 0 fully saturated rings. The minimum atomic E-state index is -0.526. The number of likely N-dealkylation sites (N-methyl/N-ethyl adjacent to an activating group) is 1. The molecule has 0 aliphatic rings. The van der Waals surface area contributed by atoms with Crippen LogP contribution in [0, 0.1) is 0 Å². The number of ether oxygens (including phenoxy) is 1. The first-order chi connectivity index (χ1) is 9.49. The normalized spacial score (nSPS) is 14.1.